The highest BCUT2D eigenvalue weighted by molar-refractivity contribution is 7.10. The fourth-order valence-electron chi connectivity index (χ4n) is 1.37. The summed E-state index contributed by atoms with van der Waals surface area (Å²) in [6, 6.07) is 1.59. The van der Waals surface area contributed by atoms with E-state index < -0.39 is 6.29 Å². The zero-order chi connectivity index (χ0) is 12.0. The molecule has 0 saturated heterocycles. The number of nitrogens with two attached hydrogens (primary N) is 1. The van der Waals surface area contributed by atoms with Crippen LogP contribution >= 0.6 is 22.9 Å². The summed E-state index contributed by atoms with van der Waals surface area (Å²) in [5, 5.41) is 2.59. The minimum atomic E-state index is -0.420. The Balaban J connectivity index is 2.81. The summed E-state index contributed by atoms with van der Waals surface area (Å²) in [7, 11) is 0. The van der Waals surface area contributed by atoms with Gasteiger partial charge >= 0.3 is 0 Å². The van der Waals surface area contributed by atoms with Gasteiger partial charge in [-0.15, -0.1) is 11.3 Å². The van der Waals surface area contributed by atoms with Gasteiger partial charge in [0.1, 0.15) is 6.04 Å². The molecule has 0 radical (unpaired) electrons. The van der Waals surface area contributed by atoms with E-state index in [0.29, 0.717) is 18.2 Å². The van der Waals surface area contributed by atoms with Crippen LogP contribution in [0.1, 0.15) is 24.8 Å². The van der Waals surface area contributed by atoms with E-state index in [9.17, 15) is 0 Å². The lowest BCUT2D eigenvalue weighted by Crippen LogP contribution is -2.39. The minimum Gasteiger partial charge on any atom is -0.351 e. The molecule has 1 heterocycles. The highest BCUT2D eigenvalue weighted by Gasteiger charge is 2.26. The van der Waals surface area contributed by atoms with Gasteiger partial charge in [-0.05, 0) is 25.3 Å². The van der Waals surface area contributed by atoms with Crippen molar-refractivity contribution in [2.24, 2.45) is 5.84 Å². The number of nitrogens with one attached hydrogen (secondary N) is 1. The fourth-order valence-corrected chi connectivity index (χ4v) is 2.62. The van der Waals surface area contributed by atoms with E-state index in [-0.39, 0.29) is 6.04 Å². The monoisotopic (exact) mass is 264 g/mol. The molecule has 1 unspecified atom stereocenters. The molecule has 0 aliphatic carbocycles. The van der Waals surface area contributed by atoms with E-state index in [1.807, 2.05) is 25.3 Å². The van der Waals surface area contributed by atoms with Gasteiger partial charge in [-0.25, -0.2) is 5.43 Å². The maximum atomic E-state index is 6.06. The van der Waals surface area contributed by atoms with Crippen molar-refractivity contribution in [1.82, 2.24) is 5.43 Å². The van der Waals surface area contributed by atoms with Crippen LogP contribution in [0.5, 0.6) is 0 Å². The summed E-state index contributed by atoms with van der Waals surface area (Å²) in [4.78, 5) is 0.927. The molecule has 1 atom stereocenters. The van der Waals surface area contributed by atoms with Crippen molar-refractivity contribution in [2.75, 3.05) is 13.2 Å². The predicted octanol–water partition coefficient (Wildman–Crippen LogP) is 2.31. The molecule has 0 fully saturated rings. The smallest absolute Gasteiger partial charge is 0.178 e. The molecular weight excluding hydrogens is 248 g/mol. The molecule has 3 N–H and O–H groups in total. The van der Waals surface area contributed by atoms with Gasteiger partial charge in [0, 0.05) is 18.1 Å². The summed E-state index contributed by atoms with van der Waals surface area (Å²) in [6.45, 7) is 4.95. The van der Waals surface area contributed by atoms with Crippen molar-refractivity contribution in [2.45, 2.75) is 26.2 Å². The van der Waals surface area contributed by atoms with Crippen LogP contribution in [0, 0.1) is 0 Å². The Hall–Kier alpha value is -0.170. The first-order valence-electron chi connectivity index (χ1n) is 5.16. The van der Waals surface area contributed by atoms with Gasteiger partial charge < -0.3 is 9.47 Å². The zero-order valence-corrected chi connectivity index (χ0v) is 11.0. The predicted molar refractivity (Wildman–Crippen MR) is 66.4 cm³/mol. The Morgan fingerprint density at radius 2 is 2.06 bits per heavy atom. The molecular formula is C10H17ClN2O2S. The molecule has 0 spiro atoms. The second kappa shape index (κ2) is 7.21. The number of hydrogen-bond acceptors (Lipinski definition) is 5. The van der Waals surface area contributed by atoms with Crippen LogP contribution in [-0.2, 0) is 9.47 Å². The Morgan fingerprint density at radius 1 is 1.44 bits per heavy atom. The van der Waals surface area contributed by atoms with Crippen LogP contribution in [0.2, 0.25) is 5.02 Å². The molecule has 0 amide bonds. The molecule has 4 nitrogen and oxygen atoms in total. The molecule has 0 aliphatic heterocycles. The van der Waals surface area contributed by atoms with E-state index in [0.717, 1.165) is 4.88 Å². The Labute approximate surface area is 105 Å². The Kier molecular flexibility index (Phi) is 6.26. The number of halogens is 1. The van der Waals surface area contributed by atoms with Crippen molar-refractivity contribution < 1.29 is 9.47 Å². The van der Waals surface area contributed by atoms with Crippen LogP contribution in [0.15, 0.2) is 11.4 Å². The molecule has 0 aromatic carbocycles. The molecule has 0 aliphatic rings. The third-order valence-corrected chi connectivity index (χ3v) is 3.48. The van der Waals surface area contributed by atoms with Crippen molar-refractivity contribution in [3.8, 4) is 0 Å². The fraction of sp³-hybridized carbons (Fsp3) is 0.600. The molecule has 0 saturated carbocycles. The van der Waals surface area contributed by atoms with Crippen LogP contribution in [0.25, 0.3) is 0 Å². The average Bonchev–Trinajstić information content (AvgIpc) is 2.67. The number of hydrazine groups is 1. The second-order valence-electron chi connectivity index (χ2n) is 3.06. The first-order valence-corrected chi connectivity index (χ1v) is 6.42. The van der Waals surface area contributed by atoms with Crippen molar-refractivity contribution >= 4 is 22.9 Å². The number of rotatable bonds is 7. The summed E-state index contributed by atoms with van der Waals surface area (Å²) >= 11 is 7.59. The second-order valence-corrected chi connectivity index (χ2v) is 4.41. The van der Waals surface area contributed by atoms with E-state index in [1.54, 1.807) is 0 Å². The maximum Gasteiger partial charge on any atom is 0.178 e. The van der Waals surface area contributed by atoms with Crippen LogP contribution < -0.4 is 11.3 Å². The van der Waals surface area contributed by atoms with Gasteiger partial charge in [-0.3, -0.25) is 5.84 Å². The lowest BCUT2D eigenvalue weighted by molar-refractivity contribution is -0.154. The summed E-state index contributed by atoms with van der Waals surface area (Å²) < 4.78 is 11.0. The Bertz CT molecular complexity index is 303. The van der Waals surface area contributed by atoms with Crippen molar-refractivity contribution in [3.63, 3.8) is 0 Å². The zero-order valence-electron chi connectivity index (χ0n) is 9.40. The molecule has 1 aromatic rings. The topological polar surface area (TPSA) is 56.5 Å². The van der Waals surface area contributed by atoms with Gasteiger partial charge in [0.15, 0.2) is 6.29 Å². The van der Waals surface area contributed by atoms with E-state index in [4.69, 9.17) is 26.9 Å². The third kappa shape index (κ3) is 3.41. The maximum absolute atomic E-state index is 6.06. The first-order chi connectivity index (χ1) is 7.74. The highest BCUT2D eigenvalue weighted by atomic mass is 35.5. The minimum absolute atomic E-state index is 0.243. The van der Waals surface area contributed by atoms with Gasteiger partial charge in [0.25, 0.3) is 0 Å². The summed E-state index contributed by atoms with van der Waals surface area (Å²) in [6.07, 6.45) is -0.420. The van der Waals surface area contributed by atoms with Gasteiger partial charge in [-0.2, -0.15) is 0 Å². The lowest BCUT2D eigenvalue weighted by atomic mass is 10.2. The van der Waals surface area contributed by atoms with E-state index in [2.05, 4.69) is 5.43 Å². The summed E-state index contributed by atoms with van der Waals surface area (Å²) in [5.74, 6) is 5.53. The van der Waals surface area contributed by atoms with Crippen molar-refractivity contribution in [1.29, 1.82) is 0 Å². The average molecular weight is 265 g/mol. The molecule has 1 rings (SSSR count). The number of thiophene rings is 1. The number of ether oxygens (including phenoxy) is 2. The molecule has 0 bridgehead atoms. The Morgan fingerprint density at radius 3 is 2.44 bits per heavy atom. The SMILES string of the molecule is CCOC(OCC)C(NN)c1sccc1Cl. The molecule has 1 aromatic heterocycles. The number of hydrogen-bond donors (Lipinski definition) is 2. The van der Waals surface area contributed by atoms with Gasteiger partial charge in [-0.1, -0.05) is 11.6 Å². The quantitative estimate of drug-likeness (QED) is 0.451. The molecule has 16 heavy (non-hydrogen) atoms. The van der Waals surface area contributed by atoms with Crippen LogP contribution in [0.4, 0.5) is 0 Å². The molecule has 6 heteroatoms. The van der Waals surface area contributed by atoms with Crippen LogP contribution in [-0.4, -0.2) is 19.5 Å². The normalized spacial score (nSPS) is 13.3. The first kappa shape index (κ1) is 13.9. The van der Waals surface area contributed by atoms with Gasteiger partial charge in [0.2, 0.25) is 0 Å². The standard InChI is InChI=1S/C10H17ClN2O2S/c1-3-14-10(15-4-2)8(13-12)9-7(11)5-6-16-9/h5-6,8,10,13H,3-4,12H2,1-2H3. The third-order valence-electron chi connectivity index (χ3n) is 2.04. The van der Waals surface area contributed by atoms with Crippen molar-refractivity contribution in [3.05, 3.63) is 21.3 Å². The van der Waals surface area contributed by atoms with Crippen LogP contribution in [0.3, 0.4) is 0 Å². The molecule has 92 valence electrons. The van der Waals surface area contributed by atoms with Gasteiger partial charge in [0.05, 0.1) is 5.02 Å². The largest absolute Gasteiger partial charge is 0.351 e. The highest BCUT2D eigenvalue weighted by Crippen LogP contribution is 2.31. The van der Waals surface area contributed by atoms with E-state index in [1.165, 1.54) is 11.3 Å². The lowest BCUT2D eigenvalue weighted by Gasteiger charge is -2.25. The van der Waals surface area contributed by atoms with E-state index >= 15 is 0 Å². The summed E-state index contributed by atoms with van der Waals surface area (Å²) in [5.41, 5.74) is 2.69.